The molecule has 0 aromatic carbocycles. The molecule has 1 amide bonds. The van der Waals surface area contributed by atoms with E-state index in [1.807, 2.05) is 0 Å². The number of carbonyl (C=O) groups excluding carboxylic acids is 1. The Kier molecular flexibility index (Phi) is 4.43. The summed E-state index contributed by atoms with van der Waals surface area (Å²) in [6, 6.07) is 7.19. The number of halogens is 1. The maximum absolute atomic E-state index is 12.5. The Morgan fingerprint density at radius 1 is 1.33 bits per heavy atom. The van der Waals surface area contributed by atoms with E-state index in [-0.39, 0.29) is 11.9 Å². The van der Waals surface area contributed by atoms with E-state index in [9.17, 15) is 4.79 Å². The van der Waals surface area contributed by atoms with Crippen LogP contribution >= 0.6 is 22.9 Å². The van der Waals surface area contributed by atoms with Gasteiger partial charge in [-0.25, -0.2) is 4.98 Å². The van der Waals surface area contributed by atoms with Crippen molar-refractivity contribution in [2.75, 3.05) is 19.6 Å². The van der Waals surface area contributed by atoms with Crippen LogP contribution in [0.5, 0.6) is 10.9 Å². The molecule has 3 saturated heterocycles. The van der Waals surface area contributed by atoms with Gasteiger partial charge in [0.25, 0.3) is 5.91 Å². The number of aromatic nitrogens is 1. The van der Waals surface area contributed by atoms with Crippen LogP contribution in [0, 0.1) is 5.92 Å². The smallest absolute Gasteiger partial charge is 0.261 e. The first-order valence-electron chi connectivity index (χ1n) is 8.10. The molecular formula is C17H18ClN3O2S. The fourth-order valence-electron chi connectivity index (χ4n) is 3.41. The van der Waals surface area contributed by atoms with Crippen molar-refractivity contribution in [3.05, 3.63) is 40.4 Å². The predicted octanol–water partition coefficient (Wildman–Crippen LogP) is 3.41. The molecule has 0 radical (unpaired) electrons. The second kappa shape index (κ2) is 6.70. The molecule has 126 valence electrons. The molecule has 2 bridgehead atoms. The van der Waals surface area contributed by atoms with Gasteiger partial charge in [-0.2, -0.15) is 0 Å². The normalized spacial score (nSPS) is 25.5. The lowest BCUT2D eigenvalue weighted by Crippen LogP contribution is -2.57. The Morgan fingerprint density at radius 3 is 2.88 bits per heavy atom. The molecule has 5 rings (SSSR count). The zero-order chi connectivity index (χ0) is 16.5. The van der Waals surface area contributed by atoms with Gasteiger partial charge in [0.1, 0.15) is 0 Å². The van der Waals surface area contributed by atoms with E-state index in [0.717, 1.165) is 6.54 Å². The summed E-state index contributed by atoms with van der Waals surface area (Å²) in [4.78, 5) is 19.7. The lowest BCUT2D eigenvalue weighted by molar-refractivity contribution is 0.0622. The largest absolute Gasteiger partial charge is 0.428 e. The Balaban J connectivity index is 1.40. The van der Waals surface area contributed by atoms with Crippen LogP contribution in [0.2, 0.25) is 5.02 Å². The number of carbonyl (C=O) groups is 1. The van der Waals surface area contributed by atoms with E-state index >= 15 is 0 Å². The third kappa shape index (κ3) is 3.41. The zero-order valence-electron chi connectivity index (χ0n) is 13.1. The monoisotopic (exact) mass is 363 g/mol. The highest BCUT2D eigenvalue weighted by Crippen LogP contribution is 2.31. The van der Waals surface area contributed by atoms with E-state index in [0.29, 0.717) is 26.8 Å². The molecule has 0 spiro atoms. The van der Waals surface area contributed by atoms with Crippen molar-refractivity contribution >= 4 is 28.8 Å². The first kappa shape index (κ1) is 15.9. The standard InChI is InChI=1S/C17H18ClN3O2S/c18-12-3-6-19-15(9-12)23-16-2-1-14(24-16)17(22)20-13-10-21-7-4-11(13)5-8-21/h1-3,6,9,11,13H,4-5,7-8,10H2,(H,20,22). The number of nitrogens with one attached hydrogen (secondary N) is 1. The van der Waals surface area contributed by atoms with Crippen molar-refractivity contribution in [1.29, 1.82) is 0 Å². The Hall–Kier alpha value is -1.63. The third-order valence-corrected chi connectivity index (χ3v) is 5.88. The second-order valence-corrected chi connectivity index (χ2v) is 7.73. The third-order valence-electron chi connectivity index (χ3n) is 4.68. The van der Waals surface area contributed by atoms with Gasteiger partial charge in [-0.1, -0.05) is 22.9 Å². The summed E-state index contributed by atoms with van der Waals surface area (Å²) < 4.78 is 5.66. The number of ether oxygens (including phenoxy) is 1. The molecule has 1 N–H and O–H groups in total. The maximum Gasteiger partial charge on any atom is 0.261 e. The molecule has 2 aromatic heterocycles. The van der Waals surface area contributed by atoms with Crippen LogP contribution in [-0.2, 0) is 0 Å². The van der Waals surface area contributed by atoms with Crippen LogP contribution in [0.3, 0.4) is 0 Å². The van der Waals surface area contributed by atoms with Crippen LogP contribution in [0.15, 0.2) is 30.5 Å². The molecule has 3 aliphatic rings. The van der Waals surface area contributed by atoms with Crippen molar-refractivity contribution < 1.29 is 9.53 Å². The van der Waals surface area contributed by atoms with E-state index in [4.69, 9.17) is 16.3 Å². The number of fused-ring (bicyclic) bond motifs is 3. The summed E-state index contributed by atoms with van der Waals surface area (Å²) >= 11 is 7.24. The minimum absolute atomic E-state index is 0.0207. The number of piperidine rings is 3. The number of rotatable bonds is 4. The molecule has 5 nitrogen and oxygen atoms in total. The van der Waals surface area contributed by atoms with Crippen molar-refractivity contribution in [3.8, 4) is 10.9 Å². The Morgan fingerprint density at radius 2 is 2.17 bits per heavy atom. The molecule has 3 aliphatic heterocycles. The average molecular weight is 364 g/mol. The molecule has 24 heavy (non-hydrogen) atoms. The molecule has 1 unspecified atom stereocenters. The van der Waals surface area contributed by atoms with Crippen molar-refractivity contribution in [2.24, 2.45) is 5.92 Å². The molecule has 0 aliphatic carbocycles. The molecule has 7 heteroatoms. The number of pyridine rings is 1. The number of nitrogens with zero attached hydrogens (tertiary/aromatic N) is 2. The average Bonchev–Trinajstić information content (AvgIpc) is 3.05. The SMILES string of the molecule is O=C(NC1CN2CCC1CC2)c1ccc(Oc2cc(Cl)ccn2)s1. The number of thiophene rings is 1. The zero-order valence-corrected chi connectivity index (χ0v) is 14.6. The minimum atomic E-state index is -0.0207. The fourth-order valence-corrected chi connectivity index (χ4v) is 4.33. The van der Waals surface area contributed by atoms with E-state index in [1.165, 1.54) is 37.3 Å². The van der Waals surface area contributed by atoms with Gasteiger partial charge in [0, 0.05) is 29.9 Å². The van der Waals surface area contributed by atoms with Crippen LogP contribution in [-0.4, -0.2) is 41.5 Å². The summed E-state index contributed by atoms with van der Waals surface area (Å²) in [6.45, 7) is 3.30. The van der Waals surface area contributed by atoms with Crippen molar-refractivity contribution in [2.45, 2.75) is 18.9 Å². The second-order valence-electron chi connectivity index (χ2n) is 6.25. The molecule has 2 aromatic rings. The maximum atomic E-state index is 12.5. The molecule has 5 heterocycles. The summed E-state index contributed by atoms with van der Waals surface area (Å²) in [6.07, 6.45) is 3.96. The van der Waals surface area contributed by atoms with Crippen LogP contribution < -0.4 is 10.1 Å². The lowest BCUT2D eigenvalue weighted by Gasteiger charge is -2.44. The van der Waals surface area contributed by atoms with Crippen molar-refractivity contribution in [1.82, 2.24) is 15.2 Å². The van der Waals surface area contributed by atoms with Gasteiger partial charge >= 0.3 is 0 Å². The van der Waals surface area contributed by atoms with Crippen LogP contribution in [0.1, 0.15) is 22.5 Å². The van der Waals surface area contributed by atoms with Crippen molar-refractivity contribution in [3.63, 3.8) is 0 Å². The first-order valence-corrected chi connectivity index (χ1v) is 9.29. The van der Waals surface area contributed by atoms with Gasteiger partial charge < -0.3 is 15.0 Å². The first-order chi connectivity index (χ1) is 11.7. The van der Waals surface area contributed by atoms with Crippen LogP contribution in [0.4, 0.5) is 0 Å². The highest BCUT2D eigenvalue weighted by molar-refractivity contribution is 7.15. The molecule has 3 fully saturated rings. The summed E-state index contributed by atoms with van der Waals surface area (Å²) in [7, 11) is 0. The fraction of sp³-hybridized carbons (Fsp3) is 0.412. The van der Waals surface area contributed by atoms with E-state index < -0.39 is 0 Å². The number of hydrogen-bond donors (Lipinski definition) is 1. The van der Waals surface area contributed by atoms with E-state index in [1.54, 1.807) is 30.5 Å². The highest BCUT2D eigenvalue weighted by Gasteiger charge is 2.35. The van der Waals surface area contributed by atoms with Gasteiger partial charge in [0.15, 0.2) is 5.06 Å². The van der Waals surface area contributed by atoms with Gasteiger partial charge in [-0.15, -0.1) is 0 Å². The summed E-state index contributed by atoms with van der Waals surface area (Å²) in [5.41, 5.74) is 0. The quantitative estimate of drug-likeness (QED) is 0.904. The molecular weight excluding hydrogens is 346 g/mol. The number of hydrogen-bond acceptors (Lipinski definition) is 5. The van der Waals surface area contributed by atoms with E-state index in [2.05, 4.69) is 15.2 Å². The van der Waals surface area contributed by atoms with Crippen LogP contribution in [0.25, 0.3) is 0 Å². The number of amides is 1. The van der Waals surface area contributed by atoms with Gasteiger partial charge in [-0.3, -0.25) is 4.79 Å². The Labute approximate surface area is 149 Å². The summed E-state index contributed by atoms with van der Waals surface area (Å²) in [5.74, 6) is 1.02. The minimum Gasteiger partial charge on any atom is -0.428 e. The van der Waals surface area contributed by atoms with Gasteiger partial charge in [0.05, 0.1) is 4.88 Å². The van der Waals surface area contributed by atoms with Gasteiger partial charge in [0.2, 0.25) is 5.88 Å². The predicted molar refractivity (Wildman–Crippen MR) is 94.1 cm³/mol. The lowest BCUT2D eigenvalue weighted by atomic mass is 9.84. The Bertz CT molecular complexity index is 743. The topological polar surface area (TPSA) is 54.5 Å². The molecule has 1 atom stereocenters. The molecule has 0 saturated carbocycles. The highest BCUT2D eigenvalue weighted by atomic mass is 35.5. The van der Waals surface area contributed by atoms with Gasteiger partial charge in [-0.05, 0) is 50.0 Å². The summed E-state index contributed by atoms with van der Waals surface area (Å²) in [5, 5.41) is 4.39.